The van der Waals surface area contributed by atoms with Crippen LogP contribution in [0.3, 0.4) is 0 Å². The molecule has 2 heterocycles. The van der Waals surface area contributed by atoms with Crippen LogP contribution in [0.2, 0.25) is 0 Å². The van der Waals surface area contributed by atoms with Crippen LogP contribution in [0.5, 0.6) is 0 Å². The molecule has 0 saturated carbocycles. The number of likely N-dealkylation sites (tertiary alicyclic amines) is 1. The van der Waals surface area contributed by atoms with Crippen molar-refractivity contribution in [3.8, 4) is 0 Å². The zero-order valence-electron chi connectivity index (χ0n) is 14.8. The van der Waals surface area contributed by atoms with Crippen molar-refractivity contribution in [3.63, 3.8) is 0 Å². The molecule has 0 bridgehead atoms. The Morgan fingerprint density at radius 1 is 1.30 bits per heavy atom. The third kappa shape index (κ3) is 3.44. The molecule has 3 rings (SSSR count). The van der Waals surface area contributed by atoms with E-state index in [1.165, 1.54) is 17.7 Å². The van der Waals surface area contributed by atoms with Gasteiger partial charge in [-0.25, -0.2) is 0 Å². The monoisotopic (exact) mass is 318 g/mol. The predicted molar refractivity (Wildman–Crippen MR) is 91.7 cm³/mol. The molecule has 1 fully saturated rings. The molecule has 1 atom stereocenters. The molecule has 0 radical (unpaired) electrons. The van der Waals surface area contributed by atoms with Gasteiger partial charge in [0.25, 0.3) is 5.91 Å². The van der Waals surface area contributed by atoms with Crippen LogP contribution >= 0.6 is 0 Å². The molecule has 23 heavy (non-hydrogen) atoms. The minimum Gasteiger partial charge on any atom is -0.337 e. The van der Waals surface area contributed by atoms with E-state index in [9.17, 15) is 4.79 Å². The molecule has 1 aliphatic carbocycles. The van der Waals surface area contributed by atoms with Gasteiger partial charge in [-0.1, -0.05) is 13.8 Å². The first-order chi connectivity index (χ1) is 11.1. The van der Waals surface area contributed by atoms with Crippen molar-refractivity contribution < 1.29 is 4.79 Å². The van der Waals surface area contributed by atoms with Gasteiger partial charge in [-0.3, -0.25) is 9.48 Å². The van der Waals surface area contributed by atoms with E-state index < -0.39 is 0 Å². The largest absolute Gasteiger partial charge is 0.337 e. The van der Waals surface area contributed by atoms with Crippen LogP contribution in [-0.2, 0) is 19.4 Å². The van der Waals surface area contributed by atoms with Gasteiger partial charge in [0, 0.05) is 43.0 Å². The number of rotatable bonds is 4. The summed E-state index contributed by atoms with van der Waals surface area (Å²) in [5.74, 6) is 0.151. The maximum atomic E-state index is 13.0. The summed E-state index contributed by atoms with van der Waals surface area (Å²) in [5, 5.41) is 8.33. The second-order valence-electron chi connectivity index (χ2n) is 7.20. The molecule has 1 saturated heterocycles. The van der Waals surface area contributed by atoms with Crippen LogP contribution in [0.25, 0.3) is 0 Å². The highest BCUT2D eigenvalue weighted by molar-refractivity contribution is 5.94. The van der Waals surface area contributed by atoms with Crippen LogP contribution in [-0.4, -0.2) is 45.8 Å². The zero-order valence-corrected chi connectivity index (χ0v) is 14.8. The van der Waals surface area contributed by atoms with Gasteiger partial charge in [-0.15, -0.1) is 0 Å². The summed E-state index contributed by atoms with van der Waals surface area (Å²) in [5.41, 5.74) is 3.21. The maximum absolute atomic E-state index is 13.0. The van der Waals surface area contributed by atoms with E-state index in [1.807, 2.05) is 4.90 Å². The lowest BCUT2D eigenvalue weighted by molar-refractivity contribution is 0.0716. The molecule has 0 aromatic carbocycles. The summed E-state index contributed by atoms with van der Waals surface area (Å²) in [4.78, 5) is 15.0. The number of nitrogens with one attached hydrogen (secondary N) is 1. The molecule has 2 aliphatic rings. The number of aromatic nitrogens is 2. The van der Waals surface area contributed by atoms with Gasteiger partial charge in [-0.2, -0.15) is 5.10 Å². The Morgan fingerprint density at radius 3 is 2.70 bits per heavy atom. The lowest BCUT2D eigenvalue weighted by atomic mass is 9.90. The smallest absolute Gasteiger partial charge is 0.274 e. The van der Waals surface area contributed by atoms with Gasteiger partial charge >= 0.3 is 0 Å². The van der Waals surface area contributed by atoms with Crippen LogP contribution < -0.4 is 5.32 Å². The summed E-state index contributed by atoms with van der Waals surface area (Å²) in [6, 6.07) is 0.939. The van der Waals surface area contributed by atoms with Crippen LogP contribution in [0.1, 0.15) is 68.2 Å². The topological polar surface area (TPSA) is 50.2 Å². The second kappa shape index (κ2) is 7.04. The first-order valence-corrected chi connectivity index (χ1v) is 9.24. The van der Waals surface area contributed by atoms with E-state index in [4.69, 9.17) is 5.10 Å². The molecule has 1 unspecified atom stereocenters. The molecular weight excluding hydrogens is 288 g/mol. The molecule has 1 aromatic heterocycles. The molecule has 1 N–H and O–H groups in total. The average molecular weight is 318 g/mol. The standard InChI is InChI=1S/C18H30N4O/c1-4-22-16-9-8-14(19-13(2)3)12-15(16)17(20-22)18(23)21-10-6-5-7-11-21/h13-14,19H,4-12H2,1-3H3. The first-order valence-electron chi connectivity index (χ1n) is 9.24. The number of amides is 1. The molecule has 1 aromatic rings. The highest BCUT2D eigenvalue weighted by atomic mass is 16.2. The lowest BCUT2D eigenvalue weighted by Crippen LogP contribution is -2.40. The van der Waals surface area contributed by atoms with Crippen molar-refractivity contribution in [2.75, 3.05) is 13.1 Å². The highest BCUT2D eigenvalue weighted by Crippen LogP contribution is 2.27. The molecule has 1 amide bonds. The maximum Gasteiger partial charge on any atom is 0.274 e. The summed E-state index contributed by atoms with van der Waals surface area (Å²) >= 11 is 0. The molecule has 0 spiro atoms. The number of nitrogens with zero attached hydrogens (tertiary/aromatic N) is 3. The van der Waals surface area contributed by atoms with E-state index in [-0.39, 0.29) is 5.91 Å². The fourth-order valence-electron chi connectivity index (χ4n) is 3.98. The van der Waals surface area contributed by atoms with Crippen molar-refractivity contribution in [2.24, 2.45) is 0 Å². The number of hydrogen-bond acceptors (Lipinski definition) is 3. The van der Waals surface area contributed by atoms with Gasteiger partial charge in [0.05, 0.1) is 0 Å². The van der Waals surface area contributed by atoms with E-state index in [1.54, 1.807) is 0 Å². The normalized spacial score (nSPS) is 21.6. The van der Waals surface area contributed by atoms with Gasteiger partial charge in [-0.05, 0) is 45.4 Å². The predicted octanol–water partition coefficient (Wildman–Crippen LogP) is 2.38. The van der Waals surface area contributed by atoms with Gasteiger partial charge < -0.3 is 10.2 Å². The molecule has 128 valence electrons. The van der Waals surface area contributed by atoms with E-state index >= 15 is 0 Å². The number of carbonyl (C=O) groups excluding carboxylic acids is 1. The van der Waals surface area contributed by atoms with Crippen molar-refractivity contribution in [3.05, 3.63) is 17.0 Å². The Hall–Kier alpha value is -1.36. The van der Waals surface area contributed by atoms with E-state index in [0.717, 1.165) is 57.4 Å². The van der Waals surface area contributed by atoms with Crippen molar-refractivity contribution in [1.29, 1.82) is 0 Å². The molecule has 5 heteroatoms. The third-order valence-electron chi connectivity index (χ3n) is 5.06. The second-order valence-corrected chi connectivity index (χ2v) is 7.20. The number of piperidine rings is 1. The quantitative estimate of drug-likeness (QED) is 0.927. The first kappa shape index (κ1) is 16.5. The fourth-order valence-corrected chi connectivity index (χ4v) is 3.98. The SMILES string of the molecule is CCn1nc(C(=O)N2CCCCC2)c2c1CCC(NC(C)C)C2. The third-order valence-corrected chi connectivity index (χ3v) is 5.06. The Kier molecular flexibility index (Phi) is 5.05. The number of carbonyl (C=O) groups is 1. The fraction of sp³-hybridized carbons (Fsp3) is 0.778. The average Bonchev–Trinajstić information content (AvgIpc) is 2.92. The van der Waals surface area contributed by atoms with Gasteiger partial charge in [0.2, 0.25) is 0 Å². The molecule has 1 aliphatic heterocycles. The summed E-state index contributed by atoms with van der Waals surface area (Å²) in [6.45, 7) is 9.11. The Labute approximate surface area is 139 Å². The number of hydrogen-bond donors (Lipinski definition) is 1. The van der Waals surface area contributed by atoms with Gasteiger partial charge in [0.1, 0.15) is 0 Å². The summed E-state index contributed by atoms with van der Waals surface area (Å²) in [7, 11) is 0. The lowest BCUT2D eigenvalue weighted by Gasteiger charge is -2.28. The van der Waals surface area contributed by atoms with Crippen molar-refractivity contribution in [2.45, 2.75) is 77.9 Å². The summed E-state index contributed by atoms with van der Waals surface area (Å²) < 4.78 is 2.05. The Bertz CT molecular complexity index is 558. The molecule has 5 nitrogen and oxygen atoms in total. The van der Waals surface area contributed by atoms with E-state index in [0.29, 0.717) is 12.1 Å². The zero-order chi connectivity index (χ0) is 16.4. The molecular formula is C18H30N4O. The van der Waals surface area contributed by atoms with Crippen molar-refractivity contribution >= 4 is 5.91 Å². The highest BCUT2D eigenvalue weighted by Gasteiger charge is 2.31. The number of aryl methyl sites for hydroxylation is 1. The van der Waals surface area contributed by atoms with Crippen LogP contribution in [0, 0.1) is 0 Å². The van der Waals surface area contributed by atoms with Crippen LogP contribution in [0.4, 0.5) is 0 Å². The minimum absolute atomic E-state index is 0.151. The van der Waals surface area contributed by atoms with Crippen molar-refractivity contribution in [1.82, 2.24) is 20.0 Å². The van der Waals surface area contributed by atoms with Crippen LogP contribution in [0.15, 0.2) is 0 Å². The Morgan fingerprint density at radius 2 is 2.04 bits per heavy atom. The summed E-state index contributed by atoms with van der Waals surface area (Å²) in [6.07, 6.45) is 6.58. The van der Waals surface area contributed by atoms with E-state index in [2.05, 4.69) is 30.8 Å². The van der Waals surface area contributed by atoms with Gasteiger partial charge in [0.15, 0.2) is 5.69 Å². The minimum atomic E-state index is 0.151. The number of fused-ring (bicyclic) bond motifs is 1. The Balaban J connectivity index is 1.86.